The highest BCUT2D eigenvalue weighted by atomic mass is 32.2. The predicted molar refractivity (Wildman–Crippen MR) is 84.4 cm³/mol. The van der Waals surface area contributed by atoms with Crippen molar-refractivity contribution in [1.82, 2.24) is 0 Å². The summed E-state index contributed by atoms with van der Waals surface area (Å²) in [6.45, 7) is 0. The molecule has 2 rings (SSSR count). The van der Waals surface area contributed by atoms with Gasteiger partial charge in [-0.2, -0.15) is 0 Å². The van der Waals surface area contributed by atoms with Gasteiger partial charge in [-0.3, -0.25) is 0 Å². The number of hydrogen-bond acceptors (Lipinski definition) is 8. The number of sulfone groups is 1. The maximum Gasteiger partial charge on any atom is 0.513 e. The van der Waals surface area contributed by atoms with E-state index in [0.717, 1.165) is 14.2 Å². The number of benzene rings is 2. The van der Waals surface area contributed by atoms with E-state index in [9.17, 15) is 18.0 Å². The van der Waals surface area contributed by atoms with Gasteiger partial charge in [-0.1, -0.05) is 0 Å². The summed E-state index contributed by atoms with van der Waals surface area (Å²) in [5, 5.41) is 0. The van der Waals surface area contributed by atoms with Crippen LogP contribution in [-0.2, 0) is 19.3 Å². The first-order valence-corrected chi connectivity index (χ1v) is 8.32. The number of carbonyl (C=O) groups is 2. The van der Waals surface area contributed by atoms with Crippen molar-refractivity contribution in [3.05, 3.63) is 48.5 Å². The van der Waals surface area contributed by atoms with Gasteiger partial charge in [0.1, 0.15) is 11.5 Å². The van der Waals surface area contributed by atoms with E-state index in [1.807, 2.05) is 0 Å². The molecule has 2 aromatic rings. The minimum atomic E-state index is -3.78. The van der Waals surface area contributed by atoms with Crippen LogP contribution in [0.3, 0.4) is 0 Å². The van der Waals surface area contributed by atoms with E-state index in [4.69, 9.17) is 9.47 Å². The van der Waals surface area contributed by atoms with Crippen molar-refractivity contribution in [1.29, 1.82) is 0 Å². The maximum atomic E-state index is 12.5. The summed E-state index contributed by atoms with van der Waals surface area (Å²) in [6.07, 6.45) is -1.81. The minimum absolute atomic E-state index is 0.00588. The summed E-state index contributed by atoms with van der Waals surface area (Å²) >= 11 is 0. The van der Waals surface area contributed by atoms with Gasteiger partial charge in [0.15, 0.2) is 0 Å². The molecule has 0 aliphatic carbocycles. The first kappa shape index (κ1) is 18.3. The van der Waals surface area contributed by atoms with Crippen molar-refractivity contribution < 1.29 is 37.0 Å². The van der Waals surface area contributed by atoms with Crippen LogP contribution < -0.4 is 9.47 Å². The third kappa shape index (κ3) is 4.48. The van der Waals surface area contributed by atoms with Crippen molar-refractivity contribution in [3.8, 4) is 11.5 Å². The molecule has 0 heterocycles. The van der Waals surface area contributed by atoms with Crippen molar-refractivity contribution in [3.63, 3.8) is 0 Å². The zero-order valence-electron chi connectivity index (χ0n) is 13.3. The van der Waals surface area contributed by atoms with E-state index in [2.05, 4.69) is 9.47 Å². The number of rotatable bonds is 4. The molecule has 0 spiro atoms. The molecule has 132 valence electrons. The second kappa shape index (κ2) is 7.67. The Morgan fingerprint density at radius 2 is 1.00 bits per heavy atom. The van der Waals surface area contributed by atoms with Crippen LogP contribution in [0, 0.1) is 0 Å². The highest BCUT2D eigenvalue weighted by Crippen LogP contribution is 2.25. The first-order chi connectivity index (χ1) is 11.9. The van der Waals surface area contributed by atoms with Gasteiger partial charge in [-0.05, 0) is 48.5 Å². The highest BCUT2D eigenvalue weighted by Gasteiger charge is 2.18. The molecule has 0 aromatic heterocycles. The Morgan fingerprint density at radius 3 is 1.28 bits per heavy atom. The van der Waals surface area contributed by atoms with Gasteiger partial charge >= 0.3 is 12.3 Å². The summed E-state index contributed by atoms with van der Waals surface area (Å²) < 4.78 is 43.4. The molecule has 0 N–H and O–H groups in total. The standard InChI is InChI=1S/C16H14O8S/c1-21-15(17)23-11-3-7-13(8-4-11)25(19,20)14-9-5-12(6-10-14)24-16(18)22-2/h3-10H,1-2H3. The van der Waals surface area contributed by atoms with Crippen molar-refractivity contribution in [2.45, 2.75) is 9.79 Å². The van der Waals surface area contributed by atoms with Gasteiger partial charge in [0.05, 0.1) is 24.0 Å². The van der Waals surface area contributed by atoms with Crippen molar-refractivity contribution >= 4 is 22.1 Å². The molecule has 0 radical (unpaired) electrons. The van der Waals surface area contributed by atoms with Gasteiger partial charge in [0, 0.05) is 0 Å². The third-order valence-electron chi connectivity index (χ3n) is 3.00. The molecule has 25 heavy (non-hydrogen) atoms. The van der Waals surface area contributed by atoms with Gasteiger partial charge in [-0.25, -0.2) is 18.0 Å². The highest BCUT2D eigenvalue weighted by molar-refractivity contribution is 7.91. The third-order valence-corrected chi connectivity index (χ3v) is 4.79. The van der Waals surface area contributed by atoms with Crippen LogP contribution in [-0.4, -0.2) is 34.9 Å². The lowest BCUT2D eigenvalue weighted by Crippen LogP contribution is -2.08. The Bertz CT molecular complexity index is 787. The molecule has 0 amide bonds. The van der Waals surface area contributed by atoms with E-state index in [0.29, 0.717) is 0 Å². The van der Waals surface area contributed by atoms with E-state index in [1.165, 1.54) is 48.5 Å². The fourth-order valence-corrected chi connectivity index (χ4v) is 3.05. The fraction of sp³-hybridized carbons (Fsp3) is 0.125. The molecule has 0 bridgehead atoms. The van der Waals surface area contributed by atoms with Gasteiger partial charge in [0.2, 0.25) is 9.84 Å². The van der Waals surface area contributed by atoms with Gasteiger partial charge in [-0.15, -0.1) is 0 Å². The molecular weight excluding hydrogens is 352 g/mol. The molecule has 9 heteroatoms. The Kier molecular flexibility index (Phi) is 5.60. The summed E-state index contributed by atoms with van der Waals surface area (Å²) in [7, 11) is -1.46. The van der Waals surface area contributed by atoms with Crippen LogP contribution >= 0.6 is 0 Å². The maximum absolute atomic E-state index is 12.5. The molecule has 0 aliphatic rings. The van der Waals surface area contributed by atoms with Crippen LogP contribution in [0.1, 0.15) is 0 Å². The molecule has 0 fully saturated rings. The van der Waals surface area contributed by atoms with E-state index < -0.39 is 22.1 Å². The van der Waals surface area contributed by atoms with Crippen molar-refractivity contribution in [2.75, 3.05) is 14.2 Å². The van der Waals surface area contributed by atoms with Crippen LogP contribution in [0.5, 0.6) is 11.5 Å². The largest absolute Gasteiger partial charge is 0.513 e. The van der Waals surface area contributed by atoms with Gasteiger partial charge < -0.3 is 18.9 Å². The Labute approximate surface area is 143 Å². The molecule has 0 atom stereocenters. The lowest BCUT2D eigenvalue weighted by Gasteiger charge is -2.07. The predicted octanol–water partition coefficient (Wildman–Crippen LogP) is 2.81. The van der Waals surface area contributed by atoms with Crippen molar-refractivity contribution in [2.24, 2.45) is 0 Å². The summed E-state index contributed by atoms with van der Waals surface area (Å²) in [4.78, 5) is 22.0. The van der Waals surface area contributed by atoms with E-state index in [1.54, 1.807) is 0 Å². The second-order valence-corrected chi connectivity index (χ2v) is 6.51. The number of carbonyl (C=O) groups excluding carboxylic acids is 2. The zero-order chi connectivity index (χ0) is 18.4. The van der Waals surface area contributed by atoms with E-state index in [-0.39, 0.29) is 21.3 Å². The average Bonchev–Trinajstić information content (AvgIpc) is 2.62. The van der Waals surface area contributed by atoms with Crippen LogP contribution in [0.4, 0.5) is 9.59 Å². The Morgan fingerprint density at radius 1 is 0.680 bits per heavy atom. The molecule has 0 saturated carbocycles. The van der Waals surface area contributed by atoms with E-state index >= 15 is 0 Å². The normalized spacial score (nSPS) is 10.6. The van der Waals surface area contributed by atoms with Gasteiger partial charge in [0.25, 0.3) is 0 Å². The SMILES string of the molecule is COC(=O)Oc1ccc(S(=O)(=O)c2ccc(OC(=O)OC)cc2)cc1. The Balaban J connectivity index is 2.20. The number of hydrogen-bond donors (Lipinski definition) is 0. The lowest BCUT2D eigenvalue weighted by molar-refractivity contribution is 0.120. The Hall–Kier alpha value is -3.07. The van der Waals surface area contributed by atoms with Crippen LogP contribution in [0.15, 0.2) is 58.3 Å². The number of ether oxygens (including phenoxy) is 4. The zero-order valence-corrected chi connectivity index (χ0v) is 14.1. The van der Waals surface area contributed by atoms with Crippen LogP contribution in [0.25, 0.3) is 0 Å². The molecular formula is C16H14O8S. The lowest BCUT2D eigenvalue weighted by atomic mass is 10.3. The summed E-state index contributed by atoms with van der Waals surface area (Å²) in [6, 6.07) is 10.5. The summed E-state index contributed by atoms with van der Waals surface area (Å²) in [5.41, 5.74) is 0. The molecule has 0 unspecified atom stereocenters. The quantitative estimate of drug-likeness (QED) is 0.601. The molecule has 0 aliphatic heterocycles. The molecule has 8 nitrogen and oxygen atoms in total. The second-order valence-electron chi connectivity index (χ2n) is 4.56. The van der Waals surface area contributed by atoms with Crippen LogP contribution in [0.2, 0.25) is 0 Å². The smallest absolute Gasteiger partial charge is 0.437 e. The molecule has 0 saturated heterocycles. The first-order valence-electron chi connectivity index (χ1n) is 6.83. The topological polar surface area (TPSA) is 105 Å². The summed E-state index contributed by atoms with van der Waals surface area (Å²) in [5.74, 6) is 0.292. The monoisotopic (exact) mass is 366 g/mol. The minimum Gasteiger partial charge on any atom is -0.437 e. The average molecular weight is 366 g/mol. The number of methoxy groups -OCH3 is 2. The fourth-order valence-electron chi connectivity index (χ4n) is 1.79. The molecule has 2 aromatic carbocycles.